The fourth-order valence-corrected chi connectivity index (χ4v) is 3.39. The number of halogens is 2. The summed E-state index contributed by atoms with van der Waals surface area (Å²) in [5.74, 6) is 0. The monoisotopic (exact) mass is 365 g/mol. The zero-order valence-electron chi connectivity index (χ0n) is 12.5. The SMILES string of the molecule is CCn1c(=O)ccc2c(-c3c(Cl)cccc3Cl)nc(SC)nc21. The van der Waals surface area contributed by atoms with Crippen molar-refractivity contribution < 1.29 is 0 Å². The number of rotatable bonds is 3. The van der Waals surface area contributed by atoms with Crippen molar-refractivity contribution >= 4 is 46.0 Å². The Morgan fingerprint density at radius 2 is 1.83 bits per heavy atom. The van der Waals surface area contributed by atoms with E-state index in [0.29, 0.717) is 38.7 Å². The van der Waals surface area contributed by atoms with Gasteiger partial charge in [0.1, 0.15) is 5.65 Å². The average molecular weight is 366 g/mol. The van der Waals surface area contributed by atoms with E-state index in [9.17, 15) is 4.79 Å². The molecule has 0 spiro atoms. The number of fused-ring (bicyclic) bond motifs is 1. The van der Waals surface area contributed by atoms with Gasteiger partial charge in [-0.2, -0.15) is 0 Å². The second kappa shape index (κ2) is 6.51. The first-order valence-electron chi connectivity index (χ1n) is 6.96. The van der Waals surface area contributed by atoms with Crippen LogP contribution in [0.25, 0.3) is 22.3 Å². The van der Waals surface area contributed by atoms with Gasteiger partial charge in [0.15, 0.2) is 5.16 Å². The fourth-order valence-electron chi connectivity index (χ4n) is 2.46. The number of pyridine rings is 1. The summed E-state index contributed by atoms with van der Waals surface area (Å²) >= 11 is 14.1. The van der Waals surface area contributed by atoms with Crippen molar-refractivity contribution in [2.24, 2.45) is 0 Å². The standard InChI is InChI=1S/C16H13Cl2N3OS/c1-3-21-12(22)8-7-9-14(19-16(23-2)20-15(9)21)13-10(17)5-4-6-11(13)18/h4-8H,3H2,1-2H3. The lowest BCUT2D eigenvalue weighted by atomic mass is 10.1. The first kappa shape index (κ1) is 16.3. The first-order valence-corrected chi connectivity index (χ1v) is 8.94. The highest BCUT2D eigenvalue weighted by Gasteiger charge is 2.17. The zero-order valence-corrected chi connectivity index (χ0v) is 14.8. The molecule has 0 bridgehead atoms. The maximum absolute atomic E-state index is 12.1. The Kier molecular flexibility index (Phi) is 4.62. The second-order valence-corrected chi connectivity index (χ2v) is 6.40. The summed E-state index contributed by atoms with van der Waals surface area (Å²) in [6.07, 6.45) is 1.89. The molecule has 0 radical (unpaired) electrons. The fraction of sp³-hybridized carbons (Fsp3) is 0.188. The molecule has 23 heavy (non-hydrogen) atoms. The number of nitrogens with zero attached hydrogens (tertiary/aromatic N) is 3. The van der Waals surface area contributed by atoms with Crippen LogP contribution in [0.2, 0.25) is 10.0 Å². The van der Waals surface area contributed by atoms with Gasteiger partial charge in [-0.1, -0.05) is 41.0 Å². The van der Waals surface area contributed by atoms with E-state index in [1.165, 1.54) is 17.8 Å². The van der Waals surface area contributed by atoms with Crippen LogP contribution in [0.3, 0.4) is 0 Å². The molecule has 0 unspecified atom stereocenters. The van der Waals surface area contributed by atoms with Crippen molar-refractivity contribution in [2.45, 2.75) is 18.6 Å². The van der Waals surface area contributed by atoms with Crippen molar-refractivity contribution in [3.8, 4) is 11.3 Å². The zero-order chi connectivity index (χ0) is 16.6. The molecule has 4 nitrogen and oxygen atoms in total. The highest BCUT2D eigenvalue weighted by atomic mass is 35.5. The van der Waals surface area contributed by atoms with E-state index in [4.69, 9.17) is 23.2 Å². The molecule has 1 aromatic carbocycles. The third-order valence-corrected chi connectivity index (χ3v) is 4.70. The number of thioether (sulfide) groups is 1. The van der Waals surface area contributed by atoms with Crippen LogP contribution in [0.4, 0.5) is 0 Å². The van der Waals surface area contributed by atoms with Crippen LogP contribution in [0.1, 0.15) is 6.92 Å². The molecular formula is C16H13Cl2N3OS. The van der Waals surface area contributed by atoms with Crippen molar-refractivity contribution in [2.75, 3.05) is 6.26 Å². The summed E-state index contributed by atoms with van der Waals surface area (Å²) in [7, 11) is 0. The molecule has 0 aliphatic rings. The van der Waals surface area contributed by atoms with Crippen molar-refractivity contribution in [3.05, 3.63) is 50.7 Å². The lowest BCUT2D eigenvalue weighted by Crippen LogP contribution is -2.19. The highest BCUT2D eigenvalue weighted by molar-refractivity contribution is 7.98. The number of hydrogen-bond acceptors (Lipinski definition) is 4. The minimum Gasteiger partial charge on any atom is -0.293 e. The Morgan fingerprint density at radius 1 is 1.13 bits per heavy atom. The summed E-state index contributed by atoms with van der Waals surface area (Å²) in [5.41, 5.74) is 1.78. The minimum atomic E-state index is -0.0954. The van der Waals surface area contributed by atoms with E-state index < -0.39 is 0 Å². The number of aryl methyl sites for hydroxylation is 1. The van der Waals surface area contributed by atoms with Crippen molar-refractivity contribution in [1.29, 1.82) is 0 Å². The van der Waals surface area contributed by atoms with Gasteiger partial charge in [-0.15, -0.1) is 0 Å². The van der Waals surface area contributed by atoms with Gasteiger partial charge < -0.3 is 0 Å². The number of aromatic nitrogens is 3. The van der Waals surface area contributed by atoms with E-state index in [-0.39, 0.29) is 5.56 Å². The van der Waals surface area contributed by atoms with Gasteiger partial charge in [-0.25, -0.2) is 9.97 Å². The Morgan fingerprint density at radius 3 is 2.43 bits per heavy atom. The molecule has 0 N–H and O–H groups in total. The Balaban J connectivity index is 2.48. The van der Waals surface area contributed by atoms with Gasteiger partial charge in [0.2, 0.25) is 0 Å². The van der Waals surface area contributed by atoms with Gasteiger partial charge in [-0.05, 0) is 31.4 Å². The summed E-state index contributed by atoms with van der Waals surface area (Å²) in [6, 6.07) is 8.57. The summed E-state index contributed by atoms with van der Waals surface area (Å²) in [5, 5.41) is 2.34. The Bertz CT molecular complexity index is 936. The molecule has 7 heteroatoms. The molecule has 0 amide bonds. The molecule has 0 fully saturated rings. The van der Waals surface area contributed by atoms with Gasteiger partial charge in [-0.3, -0.25) is 9.36 Å². The molecule has 0 aliphatic heterocycles. The van der Waals surface area contributed by atoms with Gasteiger partial charge in [0.05, 0.1) is 15.7 Å². The molecule has 2 heterocycles. The molecule has 3 rings (SSSR count). The molecule has 118 valence electrons. The number of hydrogen-bond donors (Lipinski definition) is 0. The summed E-state index contributed by atoms with van der Waals surface area (Å²) in [4.78, 5) is 21.2. The molecule has 0 saturated carbocycles. The van der Waals surface area contributed by atoms with E-state index in [2.05, 4.69) is 9.97 Å². The average Bonchev–Trinajstić information content (AvgIpc) is 2.54. The van der Waals surface area contributed by atoms with Gasteiger partial charge >= 0.3 is 0 Å². The number of benzene rings is 1. The second-order valence-electron chi connectivity index (χ2n) is 4.81. The van der Waals surface area contributed by atoms with Crippen molar-refractivity contribution in [3.63, 3.8) is 0 Å². The van der Waals surface area contributed by atoms with Crippen LogP contribution in [0.5, 0.6) is 0 Å². The van der Waals surface area contributed by atoms with Crippen LogP contribution in [0, 0.1) is 0 Å². The highest BCUT2D eigenvalue weighted by Crippen LogP contribution is 2.37. The normalized spacial score (nSPS) is 11.1. The molecule has 3 aromatic rings. The molecule has 0 atom stereocenters. The Labute approximate surface area is 147 Å². The van der Waals surface area contributed by atoms with E-state index in [1.54, 1.807) is 28.8 Å². The van der Waals surface area contributed by atoms with Crippen LogP contribution in [-0.4, -0.2) is 20.8 Å². The van der Waals surface area contributed by atoms with E-state index in [1.807, 2.05) is 13.2 Å². The molecule has 0 saturated heterocycles. The smallest absolute Gasteiger partial charge is 0.252 e. The maximum atomic E-state index is 12.1. The molecular weight excluding hydrogens is 353 g/mol. The first-order chi connectivity index (χ1) is 11.1. The van der Waals surface area contributed by atoms with Crippen LogP contribution < -0.4 is 5.56 Å². The lowest BCUT2D eigenvalue weighted by Gasteiger charge is -2.13. The topological polar surface area (TPSA) is 47.8 Å². The Hall–Kier alpha value is -1.56. The quantitative estimate of drug-likeness (QED) is 0.506. The van der Waals surface area contributed by atoms with Crippen LogP contribution >= 0.6 is 35.0 Å². The van der Waals surface area contributed by atoms with Crippen molar-refractivity contribution in [1.82, 2.24) is 14.5 Å². The molecule has 2 aromatic heterocycles. The predicted octanol–water partition coefficient (Wildman–Crippen LogP) is 4.51. The van der Waals surface area contributed by atoms with Gasteiger partial charge in [0.25, 0.3) is 5.56 Å². The maximum Gasteiger partial charge on any atom is 0.252 e. The third-order valence-electron chi connectivity index (χ3n) is 3.52. The third kappa shape index (κ3) is 2.84. The van der Waals surface area contributed by atoms with Crippen LogP contribution in [0.15, 0.2) is 40.3 Å². The summed E-state index contributed by atoms with van der Waals surface area (Å²) in [6.45, 7) is 2.43. The summed E-state index contributed by atoms with van der Waals surface area (Å²) < 4.78 is 1.62. The molecule has 0 aliphatic carbocycles. The predicted molar refractivity (Wildman–Crippen MR) is 96.7 cm³/mol. The lowest BCUT2D eigenvalue weighted by molar-refractivity contribution is 0.741. The van der Waals surface area contributed by atoms with Crippen LogP contribution in [-0.2, 0) is 6.54 Å². The van der Waals surface area contributed by atoms with Gasteiger partial charge in [0, 0.05) is 23.6 Å². The van der Waals surface area contributed by atoms with E-state index in [0.717, 1.165) is 5.39 Å². The van der Waals surface area contributed by atoms with E-state index >= 15 is 0 Å². The minimum absolute atomic E-state index is 0.0954. The largest absolute Gasteiger partial charge is 0.293 e.